The molecular formula is C17H11BrF3N5O2. The Kier molecular flexibility index (Phi) is 5.45. The van der Waals surface area contributed by atoms with Crippen molar-refractivity contribution in [2.45, 2.75) is 6.18 Å². The van der Waals surface area contributed by atoms with E-state index in [4.69, 9.17) is 0 Å². The van der Waals surface area contributed by atoms with Crippen LogP contribution in [0.15, 0.2) is 59.3 Å². The lowest BCUT2D eigenvalue weighted by Crippen LogP contribution is -2.06. The number of aromatic nitrogens is 2. The first-order valence-electron chi connectivity index (χ1n) is 7.70. The number of halogens is 4. The van der Waals surface area contributed by atoms with Crippen LogP contribution >= 0.6 is 15.9 Å². The van der Waals surface area contributed by atoms with E-state index in [1.807, 2.05) is 0 Å². The Bertz CT molecular complexity index is 1010. The molecule has 3 aromatic rings. The second kappa shape index (κ2) is 7.80. The van der Waals surface area contributed by atoms with Gasteiger partial charge in [0.05, 0.1) is 10.5 Å². The molecule has 0 radical (unpaired) electrons. The Morgan fingerprint density at radius 2 is 1.57 bits per heavy atom. The van der Waals surface area contributed by atoms with Crippen LogP contribution < -0.4 is 10.6 Å². The van der Waals surface area contributed by atoms with Crippen LogP contribution in [-0.4, -0.2) is 14.9 Å². The minimum absolute atomic E-state index is 0.0625. The molecule has 0 amide bonds. The van der Waals surface area contributed by atoms with Crippen molar-refractivity contribution in [2.24, 2.45) is 0 Å². The molecular weight excluding hydrogens is 443 g/mol. The summed E-state index contributed by atoms with van der Waals surface area (Å²) in [5.74, 6) is -0.218. The van der Waals surface area contributed by atoms with Crippen LogP contribution in [0.4, 0.5) is 41.9 Å². The van der Waals surface area contributed by atoms with Crippen molar-refractivity contribution in [3.63, 3.8) is 0 Å². The zero-order valence-corrected chi connectivity index (χ0v) is 15.5. The van der Waals surface area contributed by atoms with Gasteiger partial charge in [0, 0.05) is 15.8 Å². The van der Waals surface area contributed by atoms with Crippen LogP contribution in [0.25, 0.3) is 0 Å². The lowest BCUT2D eigenvalue weighted by Gasteiger charge is -2.11. The zero-order chi connectivity index (χ0) is 20.3. The Balaban J connectivity index is 1.92. The lowest BCUT2D eigenvalue weighted by molar-refractivity contribution is -0.383. The van der Waals surface area contributed by atoms with Gasteiger partial charge >= 0.3 is 11.9 Å². The Morgan fingerprint density at radius 1 is 0.964 bits per heavy atom. The van der Waals surface area contributed by atoms with E-state index in [2.05, 4.69) is 36.5 Å². The summed E-state index contributed by atoms with van der Waals surface area (Å²) in [6.07, 6.45) is -3.36. The van der Waals surface area contributed by atoms with E-state index in [1.165, 1.54) is 0 Å². The molecule has 0 bridgehead atoms. The molecule has 3 rings (SSSR count). The molecule has 0 unspecified atom stereocenters. The number of nitro groups is 1. The Labute approximate surface area is 164 Å². The normalized spacial score (nSPS) is 11.1. The van der Waals surface area contributed by atoms with Crippen LogP contribution in [0, 0.1) is 10.1 Å². The van der Waals surface area contributed by atoms with E-state index in [0.29, 0.717) is 5.69 Å². The predicted octanol–water partition coefficient (Wildman–Crippen LogP) is 5.65. The largest absolute Gasteiger partial charge is 0.416 e. The molecule has 0 atom stereocenters. The quantitative estimate of drug-likeness (QED) is 0.382. The fourth-order valence-electron chi connectivity index (χ4n) is 2.32. The van der Waals surface area contributed by atoms with Gasteiger partial charge in [-0.25, -0.2) is 9.97 Å². The monoisotopic (exact) mass is 453 g/mol. The van der Waals surface area contributed by atoms with E-state index >= 15 is 0 Å². The number of nitrogens with one attached hydrogen (secondary N) is 2. The molecule has 7 nitrogen and oxygen atoms in total. The maximum atomic E-state index is 12.7. The number of nitrogens with zero attached hydrogens (tertiary/aromatic N) is 3. The highest BCUT2D eigenvalue weighted by Crippen LogP contribution is 2.34. The number of anilines is 4. The first-order valence-corrected chi connectivity index (χ1v) is 8.49. The third-order valence-corrected chi connectivity index (χ3v) is 4.06. The molecule has 0 aliphatic carbocycles. The van der Waals surface area contributed by atoms with Crippen molar-refractivity contribution in [1.29, 1.82) is 0 Å². The predicted molar refractivity (Wildman–Crippen MR) is 101 cm³/mol. The highest BCUT2D eigenvalue weighted by Gasteiger charge is 2.30. The maximum Gasteiger partial charge on any atom is 0.416 e. The smallest absolute Gasteiger partial charge is 0.334 e. The summed E-state index contributed by atoms with van der Waals surface area (Å²) in [6.45, 7) is 0. The van der Waals surface area contributed by atoms with Crippen molar-refractivity contribution in [3.8, 4) is 0 Å². The summed E-state index contributed by atoms with van der Waals surface area (Å²) in [7, 11) is 0. The van der Waals surface area contributed by atoms with Crippen molar-refractivity contribution in [2.75, 3.05) is 10.6 Å². The van der Waals surface area contributed by atoms with Gasteiger partial charge in [-0.1, -0.05) is 22.0 Å². The summed E-state index contributed by atoms with van der Waals surface area (Å²) in [4.78, 5) is 18.6. The third-order valence-electron chi connectivity index (χ3n) is 3.57. The number of alkyl halides is 3. The van der Waals surface area contributed by atoms with Gasteiger partial charge in [0.2, 0.25) is 11.6 Å². The molecule has 0 saturated heterocycles. The van der Waals surface area contributed by atoms with Crippen molar-refractivity contribution < 1.29 is 18.1 Å². The van der Waals surface area contributed by atoms with E-state index in [0.717, 1.165) is 35.1 Å². The van der Waals surface area contributed by atoms with Gasteiger partial charge in [-0.05, 0) is 42.5 Å². The van der Waals surface area contributed by atoms with Crippen LogP contribution in [0.5, 0.6) is 0 Å². The summed E-state index contributed by atoms with van der Waals surface area (Å²) in [5, 5.41) is 17.1. The molecule has 11 heteroatoms. The maximum absolute atomic E-state index is 12.7. The number of rotatable bonds is 5. The molecule has 1 aromatic heterocycles. The molecule has 0 fully saturated rings. The number of benzene rings is 2. The molecule has 0 aliphatic heterocycles. The minimum Gasteiger partial charge on any atom is -0.334 e. The second-order valence-corrected chi connectivity index (χ2v) is 6.43. The molecule has 0 aliphatic rings. The fourth-order valence-corrected chi connectivity index (χ4v) is 2.72. The molecule has 1 heterocycles. The van der Waals surface area contributed by atoms with E-state index in [9.17, 15) is 23.3 Å². The molecule has 144 valence electrons. The van der Waals surface area contributed by atoms with Gasteiger partial charge in [-0.15, -0.1) is 0 Å². The Hall–Kier alpha value is -3.21. The summed E-state index contributed by atoms with van der Waals surface area (Å²) >= 11 is 3.30. The van der Waals surface area contributed by atoms with Crippen molar-refractivity contribution in [3.05, 3.63) is 75.0 Å². The third kappa shape index (κ3) is 4.55. The van der Waals surface area contributed by atoms with Gasteiger partial charge in [0.25, 0.3) is 0 Å². The van der Waals surface area contributed by atoms with Crippen LogP contribution in [0.2, 0.25) is 0 Å². The first kappa shape index (κ1) is 19.5. The highest BCUT2D eigenvalue weighted by molar-refractivity contribution is 9.10. The minimum atomic E-state index is -4.47. The number of hydrogen-bond donors (Lipinski definition) is 2. The van der Waals surface area contributed by atoms with Gasteiger partial charge in [-0.2, -0.15) is 13.2 Å². The molecule has 0 spiro atoms. The molecule has 2 aromatic carbocycles. The average molecular weight is 454 g/mol. The second-order valence-electron chi connectivity index (χ2n) is 5.51. The lowest BCUT2D eigenvalue weighted by atomic mass is 10.2. The van der Waals surface area contributed by atoms with Crippen LogP contribution in [0.1, 0.15) is 5.56 Å². The van der Waals surface area contributed by atoms with Crippen molar-refractivity contribution in [1.82, 2.24) is 9.97 Å². The van der Waals surface area contributed by atoms with E-state index in [-0.39, 0.29) is 17.3 Å². The average Bonchev–Trinajstić information content (AvgIpc) is 2.61. The first-order chi connectivity index (χ1) is 13.2. The van der Waals surface area contributed by atoms with Gasteiger partial charge in [0.15, 0.2) is 0 Å². The zero-order valence-electron chi connectivity index (χ0n) is 13.9. The highest BCUT2D eigenvalue weighted by atomic mass is 79.9. The van der Waals surface area contributed by atoms with E-state index in [1.54, 1.807) is 24.3 Å². The van der Waals surface area contributed by atoms with Gasteiger partial charge < -0.3 is 10.6 Å². The van der Waals surface area contributed by atoms with Gasteiger partial charge in [0.1, 0.15) is 6.33 Å². The van der Waals surface area contributed by atoms with Crippen LogP contribution in [0.3, 0.4) is 0 Å². The standard InChI is InChI=1S/C17H11BrF3N5O2/c18-11-2-1-3-13(8-11)25-16-14(26(27)28)15(22-9-23-16)24-12-6-4-10(5-7-12)17(19,20)21/h1-9H,(H2,22,23,24,25). The van der Waals surface area contributed by atoms with Crippen LogP contribution in [-0.2, 0) is 6.18 Å². The fraction of sp³-hybridized carbons (Fsp3) is 0.0588. The summed E-state index contributed by atoms with van der Waals surface area (Å²) in [6, 6.07) is 11.0. The summed E-state index contributed by atoms with van der Waals surface area (Å²) < 4.78 is 38.7. The van der Waals surface area contributed by atoms with Gasteiger partial charge in [-0.3, -0.25) is 10.1 Å². The number of hydrogen-bond acceptors (Lipinski definition) is 6. The van der Waals surface area contributed by atoms with E-state index < -0.39 is 22.4 Å². The molecule has 28 heavy (non-hydrogen) atoms. The SMILES string of the molecule is O=[N+]([O-])c1c(Nc2ccc(C(F)(F)F)cc2)ncnc1Nc1cccc(Br)c1. The molecule has 0 saturated carbocycles. The summed E-state index contributed by atoms with van der Waals surface area (Å²) in [5.41, 5.74) is -0.505. The van der Waals surface area contributed by atoms with Crippen molar-refractivity contribution >= 4 is 44.6 Å². The topological polar surface area (TPSA) is 93.0 Å². The molecule has 2 N–H and O–H groups in total. The Morgan fingerprint density at radius 3 is 2.11 bits per heavy atom.